The number of amidine groups is 1. The SMILES string of the molecule is NC1=NC(=O)N(C2CC2)C1c1cc(F)ccc1F. The van der Waals surface area contributed by atoms with Crippen LogP contribution >= 0.6 is 0 Å². The summed E-state index contributed by atoms with van der Waals surface area (Å²) in [7, 11) is 0. The van der Waals surface area contributed by atoms with Crippen molar-refractivity contribution in [3.8, 4) is 0 Å². The Kier molecular flexibility index (Phi) is 2.33. The predicted octanol–water partition coefficient (Wildman–Crippen LogP) is 1.96. The molecule has 1 aromatic rings. The van der Waals surface area contributed by atoms with Crippen molar-refractivity contribution in [1.82, 2.24) is 4.90 Å². The Morgan fingerprint density at radius 2 is 2.06 bits per heavy atom. The van der Waals surface area contributed by atoms with Crippen LogP contribution in [0.3, 0.4) is 0 Å². The van der Waals surface area contributed by atoms with Gasteiger partial charge in [0, 0.05) is 11.6 Å². The third kappa shape index (κ3) is 1.64. The average Bonchev–Trinajstić information content (AvgIpc) is 3.09. The van der Waals surface area contributed by atoms with Gasteiger partial charge in [-0.15, -0.1) is 0 Å². The van der Waals surface area contributed by atoms with Gasteiger partial charge in [-0.25, -0.2) is 13.6 Å². The number of nitrogens with two attached hydrogens (primary N) is 1. The first-order valence-electron chi connectivity index (χ1n) is 5.69. The van der Waals surface area contributed by atoms with Gasteiger partial charge in [0.1, 0.15) is 23.5 Å². The monoisotopic (exact) mass is 251 g/mol. The minimum Gasteiger partial charge on any atom is -0.385 e. The summed E-state index contributed by atoms with van der Waals surface area (Å²) in [5.74, 6) is -1.12. The van der Waals surface area contributed by atoms with E-state index in [9.17, 15) is 13.6 Å². The van der Waals surface area contributed by atoms with Crippen LogP contribution in [0.2, 0.25) is 0 Å². The Morgan fingerprint density at radius 1 is 1.33 bits per heavy atom. The molecule has 3 rings (SSSR count). The van der Waals surface area contributed by atoms with Crippen molar-refractivity contribution in [1.29, 1.82) is 0 Å². The Hall–Kier alpha value is -1.98. The summed E-state index contributed by atoms with van der Waals surface area (Å²) in [5.41, 5.74) is 5.74. The molecule has 1 heterocycles. The van der Waals surface area contributed by atoms with Gasteiger partial charge in [-0.05, 0) is 31.0 Å². The number of hydrogen-bond acceptors (Lipinski definition) is 2. The molecule has 1 atom stereocenters. The van der Waals surface area contributed by atoms with E-state index in [1.165, 1.54) is 4.90 Å². The highest BCUT2D eigenvalue weighted by Crippen LogP contribution is 2.38. The fourth-order valence-corrected chi connectivity index (χ4v) is 2.24. The quantitative estimate of drug-likeness (QED) is 0.873. The van der Waals surface area contributed by atoms with Crippen molar-refractivity contribution in [2.75, 3.05) is 0 Å². The van der Waals surface area contributed by atoms with Crippen LogP contribution in [0.5, 0.6) is 0 Å². The van der Waals surface area contributed by atoms with E-state index in [0.717, 1.165) is 31.0 Å². The zero-order chi connectivity index (χ0) is 12.9. The first-order valence-corrected chi connectivity index (χ1v) is 5.69. The first-order chi connectivity index (χ1) is 8.58. The molecule has 0 bridgehead atoms. The zero-order valence-corrected chi connectivity index (χ0v) is 9.44. The van der Waals surface area contributed by atoms with Crippen LogP contribution in [0, 0.1) is 11.6 Å². The molecule has 1 unspecified atom stereocenters. The van der Waals surface area contributed by atoms with E-state index < -0.39 is 23.7 Å². The van der Waals surface area contributed by atoms with Crippen molar-refractivity contribution in [3.05, 3.63) is 35.4 Å². The average molecular weight is 251 g/mol. The second-order valence-electron chi connectivity index (χ2n) is 4.53. The van der Waals surface area contributed by atoms with Gasteiger partial charge in [-0.2, -0.15) is 4.99 Å². The normalized spacial score (nSPS) is 23.4. The molecule has 0 radical (unpaired) electrons. The molecule has 2 N–H and O–H groups in total. The van der Waals surface area contributed by atoms with Gasteiger partial charge in [0.2, 0.25) is 0 Å². The molecular weight excluding hydrogens is 240 g/mol. The van der Waals surface area contributed by atoms with Crippen molar-refractivity contribution in [2.45, 2.75) is 24.9 Å². The van der Waals surface area contributed by atoms with Crippen LogP contribution < -0.4 is 5.73 Å². The van der Waals surface area contributed by atoms with Gasteiger partial charge in [-0.3, -0.25) is 0 Å². The molecule has 1 saturated carbocycles. The van der Waals surface area contributed by atoms with Gasteiger partial charge in [0.25, 0.3) is 0 Å². The number of benzene rings is 1. The highest BCUT2D eigenvalue weighted by molar-refractivity contribution is 6.03. The summed E-state index contributed by atoms with van der Waals surface area (Å²) in [5, 5.41) is 0. The number of carbonyl (C=O) groups excluding carboxylic acids is 1. The Morgan fingerprint density at radius 3 is 2.72 bits per heavy atom. The van der Waals surface area contributed by atoms with Crippen molar-refractivity contribution in [3.63, 3.8) is 0 Å². The molecule has 0 saturated heterocycles. The van der Waals surface area contributed by atoms with Crippen molar-refractivity contribution < 1.29 is 13.6 Å². The lowest BCUT2D eigenvalue weighted by Crippen LogP contribution is -2.35. The Balaban J connectivity index is 2.05. The molecule has 6 heteroatoms. The van der Waals surface area contributed by atoms with E-state index in [4.69, 9.17) is 5.73 Å². The van der Waals surface area contributed by atoms with Gasteiger partial charge in [-0.1, -0.05) is 0 Å². The lowest BCUT2D eigenvalue weighted by Gasteiger charge is -2.24. The zero-order valence-electron chi connectivity index (χ0n) is 9.44. The second kappa shape index (κ2) is 3.76. The largest absolute Gasteiger partial charge is 0.385 e. The van der Waals surface area contributed by atoms with Gasteiger partial charge < -0.3 is 10.6 Å². The number of carbonyl (C=O) groups is 1. The van der Waals surface area contributed by atoms with E-state index >= 15 is 0 Å². The van der Waals surface area contributed by atoms with Crippen molar-refractivity contribution in [2.24, 2.45) is 10.7 Å². The summed E-state index contributed by atoms with van der Waals surface area (Å²) < 4.78 is 27.0. The first kappa shape index (κ1) is 11.1. The van der Waals surface area contributed by atoms with Crippen LogP contribution in [-0.2, 0) is 0 Å². The summed E-state index contributed by atoms with van der Waals surface area (Å²) in [6, 6.07) is 1.92. The van der Waals surface area contributed by atoms with E-state index in [2.05, 4.69) is 4.99 Å². The standard InChI is InChI=1S/C12H11F2N3O/c13-6-1-4-9(14)8(5-6)10-11(15)16-12(18)17(10)7-2-3-7/h1,4-5,7,10H,2-3H2,(H2,15,16,18). The smallest absolute Gasteiger partial charge is 0.346 e. The molecule has 4 nitrogen and oxygen atoms in total. The number of amides is 2. The molecule has 94 valence electrons. The van der Waals surface area contributed by atoms with E-state index in [1.54, 1.807) is 0 Å². The lowest BCUT2D eigenvalue weighted by molar-refractivity contribution is 0.202. The second-order valence-corrected chi connectivity index (χ2v) is 4.53. The minimum atomic E-state index is -0.777. The summed E-state index contributed by atoms with van der Waals surface area (Å²) in [6.45, 7) is 0. The van der Waals surface area contributed by atoms with E-state index in [-0.39, 0.29) is 17.4 Å². The van der Waals surface area contributed by atoms with Crippen LogP contribution in [0.15, 0.2) is 23.2 Å². The lowest BCUT2D eigenvalue weighted by atomic mass is 10.0. The minimum absolute atomic E-state index is 0.0244. The molecule has 2 amide bonds. The van der Waals surface area contributed by atoms with Crippen LogP contribution in [0.1, 0.15) is 24.4 Å². The van der Waals surface area contributed by atoms with E-state index in [1.807, 2.05) is 0 Å². The molecule has 1 aromatic carbocycles. The van der Waals surface area contributed by atoms with Crippen LogP contribution in [-0.4, -0.2) is 22.8 Å². The molecule has 0 aromatic heterocycles. The van der Waals surface area contributed by atoms with Gasteiger partial charge >= 0.3 is 6.03 Å². The topological polar surface area (TPSA) is 58.7 Å². The number of urea groups is 1. The molecule has 0 spiro atoms. The molecular formula is C12H11F2N3O. The van der Waals surface area contributed by atoms with Crippen LogP contribution in [0.4, 0.5) is 13.6 Å². The molecule has 1 aliphatic heterocycles. The highest BCUT2D eigenvalue weighted by Gasteiger charge is 2.44. The maximum absolute atomic E-state index is 13.8. The summed E-state index contributed by atoms with van der Waals surface area (Å²) >= 11 is 0. The van der Waals surface area contributed by atoms with Crippen LogP contribution in [0.25, 0.3) is 0 Å². The number of hydrogen-bond donors (Lipinski definition) is 1. The molecule has 2 aliphatic rings. The Labute approximate surface area is 102 Å². The number of halogens is 2. The van der Waals surface area contributed by atoms with Crippen molar-refractivity contribution >= 4 is 11.9 Å². The number of nitrogens with zero attached hydrogens (tertiary/aromatic N) is 2. The molecule has 18 heavy (non-hydrogen) atoms. The van der Waals surface area contributed by atoms with E-state index in [0.29, 0.717) is 0 Å². The summed E-state index contributed by atoms with van der Waals surface area (Å²) in [4.78, 5) is 16.8. The molecule has 1 aliphatic carbocycles. The highest BCUT2D eigenvalue weighted by atomic mass is 19.1. The fraction of sp³-hybridized carbons (Fsp3) is 0.333. The number of aliphatic imine (C=N–C) groups is 1. The van der Waals surface area contributed by atoms with Gasteiger partial charge in [0.15, 0.2) is 0 Å². The fourth-order valence-electron chi connectivity index (χ4n) is 2.24. The number of rotatable bonds is 2. The maximum atomic E-state index is 13.8. The third-order valence-corrected chi connectivity index (χ3v) is 3.20. The maximum Gasteiger partial charge on any atom is 0.346 e. The third-order valence-electron chi connectivity index (χ3n) is 3.20. The van der Waals surface area contributed by atoms with Gasteiger partial charge in [0.05, 0.1) is 0 Å². The summed E-state index contributed by atoms with van der Waals surface area (Å²) in [6.07, 6.45) is 1.70. The Bertz CT molecular complexity index is 554. The predicted molar refractivity (Wildman–Crippen MR) is 61.0 cm³/mol. The molecule has 1 fully saturated rings.